The lowest BCUT2D eigenvalue weighted by molar-refractivity contribution is -0.130. The number of unbranched alkanes of at least 4 members (excludes halogenated alkanes) is 1. The minimum absolute atomic E-state index is 0.138. The van der Waals surface area contributed by atoms with Gasteiger partial charge in [-0.1, -0.05) is 43.5 Å². The number of hydrogen-bond acceptors (Lipinski definition) is 4. The highest BCUT2D eigenvalue weighted by atomic mass is 32.2. The lowest BCUT2D eigenvalue weighted by atomic mass is 10.0. The number of hydrogen-bond donors (Lipinski definition) is 0. The number of amides is 1. The Morgan fingerprint density at radius 3 is 2.39 bits per heavy atom. The van der Waals surface area contributed by atoms with E-state index in [9.17, 15) is 13.2 Å². The summed E-state index contributed by atoms with van der Waals surface area (Å²) in [4.78, 5) is 18.8. The van der Waals surface area contributed by atoms with Gasteiger partial charge in [-0.05, 0) is 37.1 Å². The summed E-state index contributed by atoms with van der Waals surface area (Å²) in [5.74, 6) is -0.254. The maximum Gasteiger partial charge on any atom is 0.243 e. The molecule has 0 aliphatic heterocycles. The largest absolute Gasteiger partial charge is 0.337 e. The van der Waals surface area contributed by atoms with E-state index in [-0.39, 0.29) is 18.5 Å². The molecule has 0 fully saturated rings. The normalized spacial score (nSPS) is 12.4. The number of anilines is 1. The Kier molecular flexibility index (Phi) is 7.57. The van der Waals surface area contributed by atoms with Crippen molar-refractivity contribution in [2.24, 2.45) is 0 Å². The Hall–Kier alpha value is -2.41. The van der Waals surface area contributed by atoms with Crippen LogP contribution in [0.25, 0.3) is 0 Å². The van der Waals surface area contributed by atoms with Gasteiger partial charge in [-0.25, -0.2) is 8.42 Å². The number of likely N-dealkylation sites (N-methyl/N-ethyl adjacent to an activating group) is 1. The van der Waals surface area contributed by atoms with Crippen LogP contribution in [0.1, 0.15) is 43.4 Å². The van der Waals surface area contributed by atoms with E-state index in [1.54, 1.807) is 36.5 Å². The number of sulfonamides is 1. The van der Waals surface area contributed by atoms with Gasteiger partial charge in [-0.2, -0.15) is 0 Å². The Labute approximate surface area is 168 Å². The minimum atomic E-state index is -3.59. The number of benzene rings is 1. The number of pyridine rings is 1. The van der Waals surface area contributed by atoms with Gasteiger partial charge in [0.2, 0.25) is 15.9 Å². The zero-order valence-corrected chi connectivity index (χ0v) is 17.8. The summed E-state index contributed by atoms with van der Waals surface area (Å²) < 4.78 is 25.8. The molecular weight excluding hydrogens is 374 g/mol. The van der Waals surface area contributed by atoms with E-state index < -0.39 is 10.0 Å². The Balaban J connectivity index is 2.26. The first-order chi connectivity index (χ1) is 13.2. The smallest absolute Gasteiger partial charge is 0.243 e. The molecule has 1 aromatic carbocycles. The average Bonchev–Trinajstić information content (AvgIpc) is 2.67. The van der Waals surface area contributed by atoms with Crippen LogP contribution in [0, 0.1) is 6.92 Å². The highest BCUT2D eigenvalue weighted by molar-refractivity contribution is 7.92. The van der Waals surface area contributed by atoms with Crippen LogP contribution in [0.2, 0.25) is 0 Å². The lowest BCUT2D eigenvalue weighted by Gasteiger charge is -2.31. The summed E-state index contributed by atoms with van der Waals surface area (Å²) >= 11 is 0. The van der Waals surface area contributed by atoms with Gasteiger partial charge in [0.05, 0.1) is 18.0 Å². The number of carbonyl (C=O) groups excluding carboxylic acids is 1. The fourth-order valence-corrected chi connectivity index (χ4v) is 3.92. The van der Waals surface area contributed by atoms with E-state index in [1.165, 1.54) is 0 Å². The minimum Gasteiger partial charge on any atom is -0.337 e. The average molecular weight is 404 g/mol. The van der Waals surface area contributed by atoms with E-state index in [2.05, 4.69) is 11.9 Å². The summed E-state index contributed by atoms with van der Waals surface area (Å²) in [5, 5.41) is 0. The Morgan fingerprint density at radius 2 is 1.86 bits per heavy atom. The molecule has 0 spiro atoms. The van der Waals surface area contributed by atoms with E-state index >= 15 is 0 Å². The first-order valence-electron chi connectivity index (χ1n) is 9.44. The summed E-state index contributed by atoms with van der Waals surface area (Å²) in [7, 11) is -1.87. The zero-order chi connectivity index (χ0) is 20.7. The third kappa shape index (κ3) is 5.79. The van der Waals surface area contributed by atoms with Crippen LogP contribution in [0.5, 0.6) is 0 Å². The van der Waals surface area contributed by atoms with Crippen molar-refractivity contribution in [1.29, 1.82) is 0 Å². The van der Waals surface area contributed by atoms with E-state index in [0.717, 1.165) is 41.0 Å². The SMILES string of the molecule is CCCCC(c1cccnc1)N(C)C(=O)CN(c1ccc(C)cc1)S(C)(=O)=O. The zero-order valence-electron chi connectivity index (χ0n) is 17.0. The van der Waals surface area contributed by atoms with E-state index in [1.807, 2.05) is 31.2 Å². The van der Waals surface area contributed by atoms with Crippen molar-refractivity contribution in [2.45, 2.75) is 39.2 Å². The van der Waals surface area contributed by atoms with Crippen molar-refractivity contribution >= 4 is 21.6 Å². The highest BCUT2D eigenvalue weighted by Crippen LogP contribution is 2.26. The molecule has 0 bridgehead atoms. The summed E-state index contributed by atoms with van der Waals surface area (Å²) in [6, 6.07) is 10.8. The molecule has 7 heteroatoms. The number of rotatable bonds is 9. The molecule has 28 heavy (non-hydrogen) atoms. The monoisotopic (exact) mass is 403 g/mol. The van der Waals surface area contributed by atoms with Crippen molar-refractivity contribution in [3.63, 3.8) is 0 Å². The van der Waals surface area contributed by atoms with Crippen molar-refractivity contribution in [2.75, 3.05) is 24.2 Å². The summed E-state index contributed by atoms with van der Waals surface area (Å²) in [6.07, 6.45) is 7.36. The molecule has 1 heterocycles. The van der Waals surface area contributed by atoms with Gasteiger partial charge in [0.25, 0.3) is 0 Å². The van der Waals surface area contributed by atoms with E-state index in [4.69, 9.17) is 0 Å². The van der Waals surface area contributed by atoms with Gasteiger partial charge in [-0.15, -0.1) is 0 Å². The molecule has 0 saturated heterocycles. The summed E-state index contributed by atoms with van der Waals surface area (Å²) in [6.45, 7) is 3.80. The number of aryl methyl sites for hydroxylation is 1. The van der Waals surface area contributed by atoms with E-state index in [0.29, 0.717) is 5.69 Å². The fraction of sp³-hybridized carbons (Fsp3) is 0.429. The molecule has 0 N–H and O–H groups in total. The molecule has 1 atom stereocenters. The van der Waals surface area contributed by atoms with Gasteiger partial charge in [0.1, 0.15) is 6.54 Å². The van der Waals surface area contributed by atoms with Crippen LogP contribution in [0.15, 0.2) is 48.8 Å². The molecule has 0 aliphatic carbocycles. The standard InChI is InChI=1S/C21H29N3O3S/c1-5-6-9-20(18-8-7-14-22-15-18)23(3)21(25)16-24(28(4,26)27)19-12-10-17(2)11-13-19/h7-8,10-15,20H,5-6,9,16H2,1-4H3. The maximum absolute atomic E-state index is 13.0. The topological polar surface area (TPSA) is 70.6 Å². The van der Waals surface area contributed by atoms with Gasteiger partial charge >= 0.3 is 0 Å². The molecule has 1 unspecified atom stereocenters. The molecule has 0 radical (unpaired) electrons. The molecule has 1 amide bonds. The van der Waals surface area contributed by atoms with Crippen LogP contribution < -0.4 is 4.31 Å². The van der Waals surface area contributed by atoms with Gasteiger partial charge < -0.3 is 4.90 Å². The second-order valence-corrected chi connectivity index (χ2v) is 8.96. The van der Waals surface area contributed by atoms with Crippen molar-refractivity contribution < 1.29 is 13.2 Å². The molecule has 6 nitrogen and oxygen atoms in total. The van der Waals surface area contributed by atoms with Crippen molar-refractivity contribution in [3.05, 3.63) is 59.9 Å². The van der Waals surface area contributed by atoms with Crippen LogP contribution in [-0.4, -0.2) is 44.1 Å². The van der Waals surface area contributed by atoms with Crippen LogP contribution in [0.3, 0.4) is 0 Å². The van der Waals surface area contributed by atoms with Crippen LogP contribution in [0.4, 0.5) is 5.69 Å². The van der Waals surface area contributed by atoms with Gasteiger partial charge in [0, 0.05) is 19.4 Å². The third-order valence-electron chi connectivity index (χ3n) is 4.76. The molecule has 0 aliphatic rings. The second-order valence-electron chi connectivity index (χ2n) is 7.05. The maximum atomic E-state index is 13.0. The number of carbonyl (C=O) groups is 1. The third-order valence-corrected chi connectivity index (χ3v) is 5.90. The predicted molar refractivity (Wildman–Crippen MR) is 113 cm³/mol. The first kappa shape index (κ1) is 21.9. The summed E-state index contributed by atoms with van der Waals surface area (Å²) in [5.41, 5.74) is 2.46. The molecule has 1 aromatic heterocycles. The van der Waals surface area contributed by atoms with Crippen LogP contribution in [-0.2, 0) is 14.8 Å². The molecule has 2 rings (SSSR count). The van der Waals surface area contributed by atoms with Crippen LogP contribution >= 0.6 is 0 Å². The van der Waals surface area contributed by atoms with Crippen molar-refractivity contribution in [3.8, 4) is 0 Å². The number of aromatic nitrogens is 1. The van der Waals surface area contributed by atoms with Gasteiger partial charge in [-0.3, -0.25) is 14.1 Å². The highest BCUT2D eigenvalue weighted by Gasteiger charge is 2.26. The Morgan fingerprint density at radius 1 is 1.18 bits per heavy atom. The molecule has 0 saturated carbocycles. The van der Waals surface area contributed by atoms with Crippen molar-refractivity contribution in [1.82, 2.24) is 9.88 Å². The molecular formula is C21H29N3O3S. The molecule has 2 aromatic rings. The Bertz CT molecular complexity index is 868. The predicted octanol–water partition coefficient (Wildman–Crippen LogP) is 3.55. The lowest BCUT2D eigenvalue weighted by Crippen LogP contribution is -2.42. The fourth-order valence-electron chi connectivity index (χ4n) is 3.07. The molecule has 152 valence electrons. The first-order valence-corrected chi connectivity index (χ1v) is 11.3. The second kappa shape index (κ2) is 9.68. The quantitative estimate of drug-likeness (QED) is 0.642. The number of nitrogens with zero attached hydrogens (tertiary/aromatic N) is 3. The van der Waals surface area contributed by atoms with Gasteiger partial charge in [0.15, 0.2) is 0 Å².